The standard InChI is InChI=1S/C21H22N2O3/c1-21(2)20(26-21)19(23-14-6-13-22-23)15-24-16-9-11-18(12-10-16)25-17-7-4-3-5-8-17/h3-14,19-20H,15H2,1-2H3. The first-order chi connectivity index (χ1) is 12.6. The number of benzene rings is 2. The maximum absolute atomic E-state index is 6.00. The van der Waals surface area contributed by atoms with E-state index in [-0.39, 0.29) is 17.7 Å². The summed E-state index contributed by atoms with van der Waals surface area (Å²) in [5, 5.41) is 4.35. The zero-order chi connectivity index (χ0) is 18.0. The quantitative estimate of drug-likeness (QED) is 0.590. The summed E-state index contributed by atoms with van der Waals surface area (Å²) in [7, 11) is 0. The molecule has 0 bridgehead atoms. The smallest absolute Gasteiger partial charge is 0.127 e. The van der Waals surface area contributed by atoms with Crippen molar-refractivity contribution < 1.29 is 14.2 Å². The van der Waals surface area contributed by atoms with E-state index in [0.717, 1.165) is 17.2 Å². The van der Waals surface area contributed by atoms with Gasteiger partial charge < -0.3 is 14.2 Å². The van der Waals surface area contributed by atoms with Crippen LogP contribution in [0.25, 0.3) is 0 Å². The molecule has 134 valence electrons. The van der Waals surface area contributed by atoms with Gasteiger partial charge in [0.2, 0.25) is 0 Å². The maximum Gasteiger partial charge on any atom is 0.127 e. The Balaban J connectivity index is 1.39. The summed E-state index contributed by atoms with van der Waals surface area (Å²) in [6.45, 7) is 4.67. The molecule has 0 radical (unpaired) electrons. The van der Waals surface area contributed by atoms with E-state index in [1.54, 1.807) is 6.20 Å². The second kappa shape index (κ2) is 6.84. The van der Waals surface area contributed by atoms with E-state index >= 15 is 0 Å². The first-order valence-electron chi connectivity index (χ1n) is 8.74. The average Bonchev–Trinajstić information content (AvgIpc) is 3.04. The van der Waals surface area contributed by atoms with Crippen LogP contribution >= 0.6 is 0 Å². The third-order valence-corrected chi connectivity index (χ3v) is 4.50. The zero-order valence-electron chi connectivity index (χ0n) is 14.9. The summed E-state index contributed by atoms with van der Waals surface area (Å²) in [5.74, 6) is 2.38. The van der Waals surface area contributed by atoms with Crippen molar-refractivity contribution in [1.29, 1.82) is 0 Å². The van der Waals surface area contributed by atoms with E-state index in [1.165, 1.54) is 0 Å². The van der Waals surface area contributed by atoms with Crippen molar-refractivity contribution in [2.24, 2.45) is 0 Å². The number of para-hydroxylation sites is 1. The van der Waals surface area contributed by atoms with Gasteiger partial charge in [-0.25, -0.2) is 0 Å². The topological polar surface area (TPSA) is 48.8 Å². The maximum atomic E-state index is 6.00. The molecule has 0 amide bonds. The molecule has 26 heavy (non-hydrogen) atoms. The van der Waals surface area contributed by atoms with E-state index in [2.05, 4.69) is 18.9 Å². The highest BCUT2D eigenvalue weighted by Gasteiger charge is 2.53. The Morgan fingerprint density at radius 2 is 1.65 bits per heavy atom. The van der Waals surface area contributed by atoms with E-state index in [0.29, 0.717) is 6.61 Å². The Hall–Kier alpha value is -2.79. The van der Waals surface area contributed by atoms with Gasteiger partial charge in [-0.1, -0.05) is 18.2 Å². The van der Waals surface area contributed by atoms with Gasteiger partial charge in [-0.2, -0.15) is 5.10 Å². The second-order valence-corrected chi connectivity index (χ2v) is 6.89. The fraction of sp³-hybridized carbons (Fsp3) is 0.286. The SMILES string of the molecule is CC1(C)OC1C(COc1ccc(Oc2ccccc2)cc1)n1cccn1. The van der Waals surface area contributed by atoms with Crippen molar-refractivity contribution in [3.05, 3.63) is 73.1 Å². The van der Waals surface area contributed by atoms with Crippen molar-refractivity contribution in [1.82, 2.24) is 9.78 Å². The van der Waals surface area contributed by atoms with Gasteiger partial charge >= 0.3 is 0 Å². The van der Waals surface area contributed by atoms with Crippen LogP contribution in [-0.2, 0) is 4.74 Å². The molecule has 2 aromatic carbocycles. The van der Waals surface area contributed by atoms with Crippen molar-refractivity contribution in [3.8, 4) is 17.2 Å². The van der Waals surface area contributed by atoms with Crippen LogP contribution in [0.1, 0.15) is 19.9 Å². The van der Waals surface area contributed by atoms with Gasteiger partial charge in [0, 0.05) is 12.4 Å². The predicted molar refractivity (Wildman–Crippen MR) is 98.7 cm³/mol. The first-order valence-corrected chi connectivity index (χ1v) is 8.74. The van der Waals surface area contributed by atoms with Gasteiger partial charge in [0.15, 0.2) is 0 Å². The lowest BCUT2D eigenvalue weighted by atomic mass is 10.0. The number of hydrogen-bond acceptors (Lipinski definition) is 4. The molecule has 0 spiro atoms. The molecule has 0 N–H and O–H groups in total. The molecule has 3 aromatic rings. The fourth-order valence-corrected chi connectivity index (χ4v) is 3.02. The van der Waals surface area contributed by atoms with Crippen LogP contribution in [0.3, 0.4) is 0 Å². The van der Waals surface area contributed by atoms with Gasteiger partial charge in [0.1, 0.15) is 36.0 Å². The molecule has 1 fully saturated rings. The molecule has 2 heterocycles. The average molecular weight is 350 g/mol. The minimum atomic E-state index is -0.132. The highest BCUT2D eigenvalue weighted by molar-refractivity contribution is 5.35. The largest absolute Gasteiger partial charge is 0.491 e. The first kappa shape index (κ1) is 16.7. The lowest BCUT2D eigenvalue weighted by molar-refractivity contribution is 0.201. The third-order valence-electron chi connectivity index (χ3n) is 4.50. The molecule has 5 heteroatoms. The molecule has 2 atom stereocenters. The van der Waals surface area contributed by atoms with Gasteiger partial charge in [-0.15, -0.1) is 0 Å². The molecule has 1 saturated heterocycles. The molecule has 2 unspecified atom stereocenters. The Morgan fingerprint density at radius 3 is 2.27 bits per heavy atom. The predicted octanol–water partition coefficient (Wildman–Crippen LogP) is 4.47. The van der Waals surface area contributed by atoms with Crippen LogP contribution in [0.15, 0.2) is 73.1 Å². The lowest BCUT2D eigenvalue weighted by Crippen LogP contribution is -2.26. The van der Waals surface area contributed by atoms with Crippen molar-refractivity contribution in [2.75, 3.05) is 6.61 Å². The van der Waals surface area contributed by atoms with E-state index in [9.17, 15) is 0 Å². The normalized spacial score (nSPS) is 18.9. The Kier molecular flexibility index (Phi) is 4.39. The summed E-state index contributed by atoms with van der Waals surface area (Å²) >= 11 is 0. The molecular formula is C21H22N2O3. The minimum Gasteiger partial charge on any atom is -0.491 e. The van der Waals surface area contributed by atoms with Crippen LogP contribution in [0, 0.1) is 0 Å². The fourth-order valence-electron chi connectivity index (χ4n) is 3.02. The van der Waals surface area contributed by atoms with Gasteiger partial charge in [-0.3, -0.25) is 4.68 Å². The third kappa shape index (κ3) is 3.73. The van der Waals surface area contributed by atoms with Crippen LogP contribution < -0.4 is 9.47 Å². The number of rotatable bonds is 7. The Morgan fingerprint density at radius 1 is 1.00 bits per heavy atom. The number of aromatic nitrogens is 2. The van der Waals surface area contributed by atoms with E-state index in [4.69, 9.17) is 14.2 Å². The number of epoxide rings is 1. The number of nitrogens with zero attached hydrogens (tertiary/aromatic N) is 2. The monoisotopic (exact) mass is 350 g/mol. The van der Waals surface area contributed by atoms with Crippen LogP contribution in [0.2, 0.25) is 0 Å². The zero-order valence-corrected chi connectivity index (χ0v) is 14.9. The number of hydrogen-bond donors (Lipinski definition) is 0. The van der Waals surface area contributed by atoms with Crippen molar-refractivity contribution in [3.63, 3.8) is 0 Å². The van der Waals surface area contributed by atoms with Crippen LogP contribution in [0.4, 0.5) is 0 Å². The molecule has 1 aromatic heterocycles. The summed E-state index contributed by atoms with van der Waals surface area (Å²) in [5.41, 5.74) is -0.132. The van der Waals surface area contributed by atoms with Gasteiger partial charge in [0.05, 0.1) is 5.60 Å². The van der Waals surface area contributed by atoms with E-state index < -0.39 is 0 Å². The summed E-state index contributed by atoms with van der Waals surface area (Å²) in [6, 6.07) is 19.3. The highest BCUT2D eigenvalue weighted by atomic mass is 16.6. The molecule has 0 aliphatic carbocycles. The highest BCUT2D eigenvalue weighted by Crippen LogP contribution is 2.42. The molecular weight excluding hydrogens is 328 g/mol. The van der Waals surface area contributed by atoms with Crippen LogP contribution in [-0.4, -0.2) is 28.1 Å². The summed E-state index contributed by atoms with van der Waals surface area (Å²) in [6.07, 6.45) is 3.82. The molecule has 4 rings (SSSR count). The Bertz CT molecular complexity index is 829. The van der Waals surface area contributed by atoms with Gasteiger partial charge in [-0.05, 0) is 56.3 Å². The molecule has 5 nitrogen and oxygen atoms in total. The lowest BCUT2D eigenvalue weighted by Gasteiger charge is -2.17. The molecule has 1 aliphatic heterocycles. The van der Waals surface area contributed by atoms with Crippen LogP contribution in [0.5, 0.6) is 17.2 Å². The minimum absolute atomic E-state index is 0.0419. The van der Waals surface area contributed by atoms with Crippen molar-refractivity contribution in [2.45, 2.75) is 31.6 Å². The summed E-state index contributed by atoms with van der Waals surface area (Å²) in [4.78, 5) is 0. The van der Waals surface area contributed by atoms with Gasteiger partial charge in [0.25, 0.3) is 0 Å². The van der Waals surface area contributed by atoms with Crippen molar-refractivity contribution >= 4 is 0 Å². The molecule has 0 saturated carbocycles. The summed E-state index contributed by atoms with van der Waals surface area (Å²) < 4.78 is 19.5. The van der Waals surface area contributed by atoms with E-state index in [1.807, 2.05) is 71.5 Å². The number of ether oxygens (including phenoxy) is 3. The molecule has 1 aliphatic rings. The second-order valence-electron chi connectivity index (χ2n) is 6.89. The Labute approximate surface area is 153 Å².